The second-order valence-corrected chi connectivity index (χ2v) is 7.86. The number of nitrogens with one attached hydrogen (secondary N) is 2. The number of aromatic nitrogens is 1. The van der Waals surface area contributed by atoms with Gasteiger partial charge >= 0.3 is 0 Å². The standard InChI is InChI=1S/C18H23BrN6O/c19-15-10-22-18-17(21-9-12-4-3-7-20-8-12)24-16(11-25(15)18)23-13-5-1-2-6-14(13)26/h3-4,7-8,11,13-15,23,26H,1-2,5-6,9-10H2,(H,21,24). The highest BCUT2D eigenvalue weighted by atomic mass is 79.9. The molecule has 1 fully saturated rings. The number of alkyl halides is 1. The molecule has 0 radical (unpaired) electrons. The summed E-state index contributed by atoms with van der Waals surface area (Å²) in [6.45, 7) is 1.22. The molecule has 1 saturated carbocycles. The summed E-state index contributed by atoms with van der Waals surface area (Å²) >= 11 is 3.66. The molecule has 8 heteroatoms. The van der Waals surface area contributed by atoms with Crippen LogP contribution in [0.2, 0.25) is 0 Å². The van der Waals surface area contributed by atoms with Crippen molar-refractivity contribution in [2.24, 2.45) is 9.98 Å². The summed E-state index contributed by atoms with van der Waals surface area (Å²) in [4.78, 5) is 15.7. The summed E-state index contributed by atoms with van der Waals surface area (Å²) in [5.41, 5.74) is 1.05. The smallest absolute Gasteiger partial charge is 0.172 e. The molecule has 0 bridgehead atoms. The van der Waals surface area contributed by atoms with Gasteiger partial charge in [-0.05, 0) is 24.5 Å². The minimum atomic E-state index is -0.310. The van der Waals surface area contributed by atoms with Gasteiger partial charge in [0.2, 0.25) is 0 Å². The quantitative estimate of drug-likeness (QED) is 0.511. The lowest BCUT2D eigenvalue weighted by Gasteiger charge is -2.34. The summed E-state index contributed by atoms with van der Waals surface area (Å²) in [7, 11) is 0. The van der Waals surface area contributed by atoms with Gasteiger partial charge in [0, 0.05) is 18.6 Å². The van der Waals surface area contributed by atoms with Crippen molar-refractivity contribution in [1.29, 1.82) is 0 Å². The fourth-order valence-electron chi connectivity index (χ4n) is 3.48. The number of hydrogen-bond acceptors (Lipinski definition) is 6. The topological polar surface area (TPSA) is 85.1 Å². The zero-order chi connectivity index (χ0) is 17.9. The predicted octanol–water partition coefficient (Wildman–Crippen LogP) is 1.71. The zero-order valence-corrected chi connectivity index (χ0v) is 16.1. The van der Waals surface area contributed by atoms with E-state index in [0.29, 0.717) is 13.1 Å². The normalized spacial score (nSPS) is 29.7. The molecule has 0 spiro atoms. The molecule has 4 rings (SSSR count). The van der Waals surface area contributed by atoms with Gasteiger partial charge in [-0.15, -0.1) is 0 Å². The van der Waals surface area contributed by atoms with Crippen LogP contribution in [0.15, 0.2) is 46.5 Å². The molecule has 0 saturated heterocycles. The molecule has 1 aromatic heterocycles. The van der Waals surface area contributed by atoms with Crippen molar-refractivity contribution in [2.45, 2.75) is 49.3 Å². The van der Waals surface area contributed by atoms with E-state index in [0.717, 1.165) is 48.7 Å². The Labute approximate surface area is 161 Å². The molecule has 1 aliphatic carbocycles. The molecule has 3 N–H and O–H groups in total. The van der Waals surface area contributed by atoms with Gasteiger partial charge in [0.25, 0.3) is 0 Å². The van der Waals surface area contributed by atoms with Crippen molar-refractivity contribution < 1.29 is 5.11 Å². The van der Waals surface area contributed by atoms with Gasteiger partial charge in [0.1, 0.15) is 10.8 Å². The van der Waals surface area contributed by atoms with Crippen LogP contribution < -0.4 is 10.6 Å². The number of fused-ring (bicyclic) bond motifs is 1. The lowest BCUT2D eigenvalue weighted by atomic mass is 9.92. The number of aliphatic hydroxyl groups is 1. The monoisotopic (exact) mass is 418 g/mol. The summed E-state index contributed by atoms with van der Waals surface area (Å²) in [6.07, 6.45) is 9.34. The van der Waals surface area contributed by atoms with Crippen LogP contribution in [0.3, 0.4) is 0 Å². The van der Waals surface area contributed by atoms with E-state index in [4.69, 9.17) is 4.99 Å². The third kappa shape index (κ3) is 3.76. The minimum absolute atomic E-state index is 0.0666. The molecule has 3 heterocycles. The van der Waals surface area contributed by atoms with E-state index >= 15 is 0 Å². The zero-order valence-electron chi connectivity index (χ0n) is 14.5. The number of nitrogens with zero attached hydrogens (tertiary/aromatic N) is 4. The molecule has 0 aromatic carbocycles. The number of amidine groups is 2. The molecule has 3 atom stereocenters. The molecule has 0 amide bonds. The van der Waals surface area contributed by atoms with Crippen molar-refractivity contribution in [3.8, 4) is 0 Å². The van der Waals surface area contributed by atoms with Crippen LogP contribution in [0.1, 0.15) is 31.2 Å². The molecular weight excluding hydrogens is 396 g/mol. The van der Waals surface area contributed by atoms with Gasteiger partial charge in [0.05, 0.1) is 25.2 Å². The average Bonchev–Trinajstić information content (AvgIpc) is 3.04. The van der Waals surface area contributed by atoms with E-state index in [9.17, 15) is 5.11 Å². The van der Waals surface area contributed by atoms with Crippen LogP contribution in [0.25, 0.3) is 0 Å². The summed E-state index contributed by atoms with van der Waals surface area (Å²) < 4.78 is 0. The second-order valence-electron chi connectivity index (χ2n) is 6.80. The molecule has 7 nitrogen and oxygen atoms in total. The number of aliphatic hydroxyl groups excluding tert-OH is 1. The maximum atomic E-state index is 10.3. The van der Waals surface area contributed by atoms with E-state index in [1.165, 1.54) is 0 Å². The molecule has 138 valence electrons. The van der Waals surface area contributed by atoms with Crippen LogP contribution in [-0.4, -0.2) is 50.3 Å². The largest absolute Gasteiger partial charge is 0.391 e. The first-order chi connectivity index (χ1) is 12.7. The van der Waals surface area contributed by atoms with Crippen LogP contribution in [-0.2, 0) is 6.54 Å². The highest BCUT2D eigenvalue weighted by Crippen LogP contribution is 2.23. The molecule has 26 heavy (non-hydrogen) atoms. The predicted molar refractivity (Wildman–Crippen MR) is 105 cm³/mol. The average molecular weight is 419 g/mol. The van der Waals surface area contributed by atoms with E-state index in [1.54, 1.807) is 6.20 Å². The fourth-order valence-corrected chi connectivity index (χ4v) is 3.94. The van der Waals surface area contributed by atoms with Crippen molar-refractivity contribution in [3.63, 3.8) is 0 Å². The van der Waals surface area contributed by atoms with E-state index < -0.39 is 0 Å². The van der Waals surface area contributed by atoms with Crippen molar-refractivity contribution in [1.82, 2.24) is 20.5 Å². The van der Waals surface area contributed by atoms with Crippen molar-refractivity contribution >= 4 is 27.6 Å². The van der Waals surface area contributed by atoms with Gasteiger partial charge in [-0.1, -0.05) is 34.8 Å². The third-order valence-corrected chi connectivity index (χ3v) is 5.61. The van der Waals surface area contributed by atoms with Gasteiger partial charge in [-0.2, -0.15) is 0 Å². The lowest BCUT2D eigenvalue weighted by Crippen LogP contribution is -2.52. The van der Waals surface area contributed by atoms with Crippen LogP contribution in [0.4, 0.5) is 0 Å². The third-order valence-electron chi connectivity index (χ3n) is 4.88. The van der Waals surface area contributed by atoms with E-state index in [1.807, 2.05) is 24.5 Å². The maximum Gasteiger partial charge on any atom is 0.172 e. The van der Waals surface area contributed by atoms with Crippen molar-refractivity contribution in [3.05, 3.63) is 42.1 Å². The molecular formula is C18H23BrN6O. The Morgan fingerprint density at radius 3 is 3.08 bits per heavy atom. The van der Waals surface area contributed by atoms with E-state index in [2.05, 4.69) is 41.4 Å². The summed E-state index contributed by atoms with van der Waals surface area (Å²) in [5, 5.41) is 17.1. The first-order valence-corrected chi connectivity index (χ1v) is 9.96. The second kappa shape index (κ2) is 7.75. The minimum Gasteiger partial charge on any atom is -0.391 e. The van der Waals surface area contributed by atoms with Crippen molar-refractivity contribution in [2.75, 3.05) is 6.54 Å². The Balaban J connectivity index is 1.53. The molecule has 2 aliphatic heterocycles. The van der Waals surface area contributed by atoms with Gasteiger partial charge in [0.15, 0.2) is 11.7 Å². The molecule has 1 aromatic rings. The van der Waals surface area contributed by atoms with Crippen LogP contribution >= 0.6 is 15.9 Å². The number of hydrogen-bond donors (Lipinski definition) is 3. The Morgan fingerprint density at radius 1 is 1.38 bits per heavy atom. The van der Waals surface area contributed by atoms with Gasteiger partial charge in [-0.3, -0.25) is 15.0 Å². The first kappa shape index (κ1) is 17.5. The van der Waals surface area contributed by atoms with Crippen LogP contribution in [0, 0.1) is 0 Å². The number of halogens is 1. The molecule has 3 aliphatic rings. The number of pyridine rings is 1. The fraction of sp³-hybridized carbons (Fsp3) is 0.500. The highest BCUT2D eigenvalue weighted by Gasteiger charge is 2.33. The Morgan fingerprint density at radius 2 is 2.27 bits per heavy atom. The Kier molecular flexibility index (Phi) is 5.21. The van der Waals surface area contributed by atoms with Gasteiger partial charge < -0.3 is 20.6 Å². The van der Waals surface area contributed by atoms with Gasteiger partial charge in [-0.25, -0.2) is 0 Å². The summed E-state index contributed by atoms with van der Waals surface area (Å²) in [5.74, 6) is 2.43. The Bertz CT molecular complexity index is 734. The first-order valence-electron chi connectivity index (χ1n) is 9.05. The maximum absolute atomic E-state index is 10.3. The van der Waals surface area contributed by atoms with E-state index in [-0.39, 0.29) is 17.1 Å². The lowest BCUT2D eigenvalue weighted by molar-refractivity contribution is 0.0948. The summed E-state index contributed by atoms with van der Waals surface area (Å²) in [6, 6.07) is 3.99. The SMILES string of the molecule is OC1CCCCC1NC1=CN2C(=NCC2Br)C(=NCc2cccnc2)N1. The van der Waals surface area contributed by atoms with Crippen LogP contribution in [0.5, 0.6) is 0 Å². The molecule has 3 unspecified atom stereocenters. The Hall–Kier alpha value is -1.93. The number of rotatable bonds is 4. The number of aliphatic imine (C=N–C) groups is 2. The highest BCUT2D eigenvalue weighted by molar-refractivity contribution is 9.09.